The van der Waals surface area contributed by atoms with E-state index in [2.05, 4.69) is 10.6 Å². The Morgan fingerprint density at radius 1 is 1.00 bits per heavy atom. The molecule has 4 N–H and O–H groups in total. The Morgan fingerprint density at radius 2 is 1.55 bits per heavy atom. The van der Waals surface area contributed by atoms with Crippen LogP contribution in [0.1, 0.15) is 60.3 Å². The summed E-state index contributed by atoms with van der Waals surface area (Å²) >= 11 is 0. The zero-order chi connectivity index (χ0) is 24.0. The molecule has 5 unspecified atom stereocenters. The van der Waals surface area contributed by atoms with Gasteiger partial charge in [0.1, 0.15) is 17.5 Å². The molecule has 2 amide bonds. The number of hydrogen-bond acceptors (Lipinski definition) is 8. The van der Waals surface area contributed by atoms with Gasteiger partial charge in [-0.15, -0.1) is 0 Å². The van der Waals surface area contributed by atoms with E-state index in [1.807, 2.05) is 0 Å². The molecule has 1 rings (SSSR count). The molecule has 0 saturated heterocycles. The van der Waals surface area contributed by atoms with Crippen LogP contribution in [0, 0.1) is 11.3 Å². The SMILES string of the molecule is CC(OC(=O)NC(C)C(O)([PH+]=O)C1(C(=O)NC(C)C(=O)O)CCCC1)OC(=O)C(C)C. The molecule has 0 heterocycles. The van der Waals surface area contributed by atoms with E-state index in [0.29, 0.717) is 12.8 Å². The Balaban J connectivity index is 2.99. The topological polar surface area (TPSA) is 168 Å². The predicted octanol–water partition coefficient (Wildman–Crippen LogP) is 1.51. The van der Waals surface area contributed by atoms with Gasteiger partial charge >= 0.3 is 26.5 Å². The lowest BCUT2D eigenvalue weighted by Crippen LogP contribution is -2.63. The first kappa shape index (κ1) is 26.8. The van der Waals surface area contributed by atoms with E-state index in [-0.39, 0.29) is 12.8 Å². The predicted molar refractivity (Wildman–Crippen MR) is 110 cm³/mol. The van der Waals surface area contributed by atoms with Gasteiger partial charge in [0, 0.05) is 6.92 Å². The van der Waals surface area contributed by atoms with Gasteiger partial charge in [-0.3, -0.25) is 14.4 Å². The monoisotopic (exact) mass is 463 g/mol. The Hall–Kier alpha value is -2.26. The van der Waals surface area contributed by atoms with Crippen molar-refractivity contribution in [2.45, 2.75) is 84.0 Å². The largest absolute Gasteiger partial charge is 0.480 e. The lowest BCUT2D eigenvalue weighted by molar-refractivity contribution is -0.169. The number of aliphatic carboxylic acids is 1. The highest BCUT2D eigenvalue weighted by Crippen LogP contribution is 2.53. The van der Waals surface area contributed by atoms with E-state index in [1.54, 1.807) is 13.8 Å². The van der Waals surface area contributed by atoms with Crippen LogP contribution in [0.25, 0.3) is 0 Å². The Kier molecular flexibility index (Phi) is 9.38. The van der Waals surface area contributed by atoms with Crippen LogP contribution >= 0.6 is 8.46 Å². The van der Waals surface area contributed by atoms with Gasteiger partial charge in [0.2, 0.25) is 12.2 Å². The number of alkyl carbamates (subject to hydrolysis) is 1. The molecule has 12 heteroatoms. The van der Waals surface area contributed by atoms with Crippen LogP contribution < -0.4 is 10.6 Å². The molecule has 5 atom stereocenters. The average Bonchev–Trinajstić information content (AvgIpc) is 3.18. The van der Waals surface area contributed by atoms with Crippen molar-refractivity contribution >= 4 is 32.4 Å². The second-order valence-corrected chi connectivity index (χ2v) is 9.09. The molecule has 11 nitrogen and oxygen atoms in total. The number of amides is 2. The first-order valence-electron chi connectivity index (χ1n) is 10.1. The van der Waals surface area contributed by atoms with E-state index >= 15 is 0 Å². The fourth-order valence-corrected chi connectivity index (χ4v) is 4.35. The summed E-state index contributed by atoms with van der Waals surface area (Å²) in [7, 11) is -1.40. The number of aliphatic hydroxyl groups is 1. The third-order valence-electron chi connectivity index (χ3n) is 5.48. The van der Waals surface area contributed by atoms with Crippen LogP contribution in [-0.2, 0) is 28.4 Å². The standard InChI is InChI=1S/C19H31N2O9P/c1-10(2)15(24)29-13(5)30-17(26)21-12(4)19(27,31-28)18(8-6-7-9-18)16(25)20-11(3)14(22)23/h10-13,27H,6-9H2,1-5H3,(H,20,25)(H,21,26)(H,22,23)/p+1. The summed E-state index contributed by atoms with van der Waals surface area (Å²) in [4.78, 5) is 47.9. The summed E-state index contributed by atoms with van der Waals surface area (Å²) < 4.78 is 22.0. The number of ether oxygens (including phenoxy) is 2. The van der Waals surface area contributed by atoms with Gasteiger partial charge in [-0.2, -0.15) is 0 Å². The number of carbonyl (C=O) groups is 4. The maximum atomic E-state index is 13.0. The molecule has 1 fully saturated rings. The summed E-state index contributed by atoms with van der Waals surface area (Å²) in [6.07, 6.45) is -0.797. The van der Waals surface area contributed by atoms with Gasteiger partial charge in [-0.05, 0) is 26.7 Å². The Morgan fingerprint density at radius 3 is 2.00 bits per heavy atom. The summed E-state index contributed by atoms with van der Waals surface area (Å²) in [6.45, 7) is 7.21. The number of carboxylic acid groups (broad SMARTS) is 1. The summed E-state index contributed by atoms with van der Waals surface area (Å²) in [5.41, 5.74) is -1.56. The Labute approximate surface area is 182 Å². The normalized spacial score (nSPS) is 20.2. The maximum absolute atomic E-state index is 13.0. The van der Waals surface area contributed by atoms with E-state index in [9.17, 15) is 28.8 Å². The van der Waals surface area contributed by atoms with E-state index in [1.165, 1.54) is 20.8 Å². The minimum absolute atomic E-state index is 0.167. The van der Waals surface area contributed by atoms with Crippen molar-refractivity contribution in [3.63, 3.8) is 0 Å². The van der Waals surface area contributed by atoms with Crippen LogP contribution in [0.2, 0.25) is 0 Å². The number of hydrogen-bond donors (Lipinski definition) is 4. The zero-order valence-electron chi connectivity index (χ0n) is 18.4. The minimum atomic E-state index is -2.18. The van der Waals surface area contributed by atoms with E-state index in [4.69, 9.17) is 14.6 Å². The van der Waals surface area contributed by atoms with Crippen LogP contribution in [0.15, 0.2) is 0 Å². The van der Waals surface area contributed by atoms with Crippen LogP contribution in [0.3, 0.4) is 0 Å². The lowest BCUT2D eigenvalue weighted by Gasteiger charge is -2.38. The highest BCUT2D eigenvalue weighted by Gasteiger charge is 2.66. The van der Waals surface area contributed by atoms with Crippen molar-refractivity contribution in [2.24, 2.45) is 11.3 Å². The highest BCUT2D eigenvalue weighted by molar-refractivity contribution is 7.26. The lowest BCUT2D eigenvalue weighted by atomic mass is 9.75. The molecule has 176 valence electrons. The molecule has 0 spiro atoms. The average molecular weight is 463 g/mol. The van der Waals surface area contributed by atoms with Crippen LogP contribution in [0.5, 0.6) is 0 Å². The van der Waals surface area contributed by atoms with E-state index in [0.717, 1.165) is 0 Å². The third kappa shape index (κ3) is 6.13. The smallest absolute Gasteiger partial charge is 0.410 e. The quantitative estimate of drug-likeness (QED) is 0.213. The molecular formula is C19H32N2O9P+. The van der Waals surface area contributed by atoms with Crippen molar-refractivity contribution in [3.05, 3.63) is 0 Å². The second kappa shape index (κ2) is 10.9. The molecule has 0 aromatic rings. The van der Waals surface area contributed by atoms with Crippen molar-refractivity contribution in [3.8, 4) is 0 Å². The van der Waals surface area contributed by atoms with E-state index < -0.39 is 67.4 Å². The summed E-state index contributed by atoms with van der Waals surface area (Å²) in [5, 5.41) is 22.9. The van der Waals surface area contributed by atoms with Gasteiger partial charge in [0.25, 0.3) is 5.34 Å². The highest BCUT2D eigenvalue weighted by atomic mass is 31.1. The van der Waals surface area contributed by atoms with Crippen molar-refractivity contribution in [2.75, 3.05) is 0 Å². The van der Waals surface area contributed by atoms with Gasteiger partial charge in [-0.1, -0.05) is 31.3 Å². The van der Waals surface area contributed by atoms with Crippen molar-refractivity contribution < 1.29 is 43.4 Å². The van der Waals surface area contributed by atoms with Crippen LogP contribution in [-0.4, -0.2) is 57.9 Å². The second-order valence-electron chi connectivity index (χ2n) is 8.12. The first-order valence-corrected chi connectivity index (χ1v) is 11.0. The minimum Gasteiger partial charge on any atom is -0.480 e. The summed E-state index contributed by atoms with van der Waals surface area (Å²) in [5.74, 6) is -2.99. The molecule has 1 aliphatic carbocycles. The third-order valence-corrected chi connectivity index (χ3v) is 6.71. The number of rotatable bonds is 10. The Bertz CT molecular complexity index is 708. The molecule has 0 bridgehead atoms. The molecule has 31 heavy (non-hydrogen) atoms. The fraction of sp³-hybridized carbons (Fsp3) is 0.789. The molecular weight excluding hydrogens is 431 g/mol. The first-order chi connectivity index (χ1) is 14.3. The van der Waals surface area contributed by atoms with Gasteiger partial charge in [-0.25, -0.2) is 4.79 Å². The van der Waals surface area contributed by atoms with Gasteiger partial charge in [0.15, 0.2) is 0 Å². The van der Waals surface area contributed by atoms with Crippen molar-refractivity contribution in [1.82, 2.24) is 10.6 Å². The molecule has 0 aromatic heterocycles. The van der Waals surface area contributed by atoms with Gasteiger partial charge in [0.05, 0.1) is 5.92 Å². The maximum Gasteiger partial charge on any atom is 0.410 e. The fourth-order valence-electron chi connectivity index (χ4n) is 3.55. The van der Waals surface area contributed by atoms with Crippen LogP contribution in [0.4, 0.5) is 4.79 Å². The zero-order valence-corrected chi connectivity index (χ0v) is 19.4. The summed E-state index contributed by atoms with van der Waals surface area (Å²) in [6, 6.07) is -2.42. The molecule has 1 aliphatic rings. The van der Waals surface area contributed by atoms with Gasteiger partial charge < -0.3 is 30.3 Å². The van der Waals surface area contributed by atoms with Crippen molar-refractivity contribution in [1.29, 1.82) is 0 Å². The number of esters is 1. The molecule has 1 saturated carbocycles. The molecule has 0 aliphatic heterocycles. The number of carboxylic acids is 1. The number of carbonyl (C=O) groups excluding carboxylic acids is 3. The molecule has 0 aromatic carbocycles. The molecule has 0 radical (unpaired) electrons. The number of nitrogens with one attached hydrogen (secondary N) is 2.